The molecule has 1 saturated heterocycles. The van der Waals surface area contributed by atoms with Crippen molar-refractivity contribution in [1.29, 1.82) is 0 Å². The van der Waals surface area contributed by atoms with Crippen molar-refractivity contribution in [3.05, 3.63) is 64.7 Å². The lowest BCUT2D eigenvalue weighted by molar-refractivity contribution is -0.0266. The summed E-state index contributed by atoms with van der Waals surface area (Å²) in [6.07, 6.45) is 4.81. The van der Waals surface area contributed by atoms with Gasteiger partial charge in [0.15, 0.2) is 0 Å². The van der Waals surface area contributed by atoms with Gasteiger partial charge in [0.05, 0.1) is 18.3 Å². The van der Waals surface area contributed by atoms with Gasteiger partial charge in [0.1, 0.15) is 5.75 Å². The maximum absolute atomic E-state index is 11.0. The molecule has 0 aliphatic carbocycles. The molecule has 4 nitrogen and oxygen atoms in total. The normalized spacial score (nSPS) is 17.6. The molecule has 1 unspecified atom stereocenters. The van der Waals surface area contributed by atoms with Crippen LogP contribution in [0.1, 0.15) is 62.7 Å². The van der Waals surface area contributed by atoms with Gasteiger partial charge in [-0.2, -0.15) is 0 Å². The summed E-state index contributed by atoms with van der Waals surface area (Å²) in [5.41, 5.74) is 1.12. The maximum atomic E-state index is 11.0. The summed E-state index contributed by atoms with van der Waals surface area (Å²) >= 11 is 5.96. The van der Waals surface area contributed by atoms with Crippen molar-refractivity contribution < 1.29 is 14.9 Å². The van der Waals surface area contributed by atoms with Crippen molar-refractivity contribution in [3.63, 3.8) is 0 Å². The molecule has 164 valence electrons. The Morgan fingerprint density at radius 3 is 2.33 bits per heavy atom. The SMILES string of the molecule is CCCCOc1ccc(C(O)CCCN2CCC(O)(c3ccc(Cl)cc3)CC2)cc1. The average molecular weight is 432 g/mol. The van der Waals surface area contributed by atoms with E-state index in [1.807, 2.05) is 48.5 Å². The van der Waals surface area contributed by atoms with Crippen molar-refractivity contribution in [1.82, 2.24) is 4.90 Å². The first-order chi connectivity index (χ1) is 14.5. The van der Waals surface area contributed by atoms with Crippen LogP contribution in [-0.4, -0.2) is 41.4 Å². The first kappa shape index (κ1) is 23.1. The van der Waals surface area contributed by atoms with Gasteiger partial charge < -0.3 is 19.8 Å². The van der Waals surface area contributed by atoms with Crippen LogP contribution in [0.2, 0.25) is 5.02 Å². The summed E-state index contributed by atoms with van der Waals surface area (Å²) in [5, 5.41) is 22.2. The lowest BCUT2D eigenvalue weighted by atomic mass is 9.84. The molecule has 3 rings (SSSR count). The van der Waals surface area contributed by atoms with Crippen LogP contribution >= 0.6 is 11.6 Å². The summed E-state index contributed by atoms with van der Waals surface area (Å²) in [4.78, 5) is 2.38. The highest BCUT2D eigenvalue weighted by Crippen LogP contribution is 2.33. The minimum absolute atomic E-state index is 0.453. The topological polar surface area (TPSA) is 52.9 Å². The molecule has 1 aliphatic heterocycles. The zero-order valence-electron chi connectivity index (χ0n) is 17.9. The van der Waals surface area contributed by atoms with E-state index in [1.54, 1.807) is 0 Å². The van der Waals surface area contributed by atoms with Gasteiger partial charge in [-0.3, -0.25) is 0 Å². The van der Waals surface area contributed by atoms with E-state index in [0.717, 1.165) is 81.6 Å². The number of unbranched alkanes of at least 4 members (excludes halogenated alkanes) is 1. The van der Waals surface area contributed by atoms with E-state index in [1.165, 1.54) is 0 Å². The Bertz CT molecular complexity index is 755. The lowest BCUT2D eigenvalue weighted by Crippen LogP contribution is -2.42. The monoisotopic (exact) mass is 431 g/mol. The number of hydrogen-bond donors (Lipinski definition) is 2. The number of hydrogen-bond acceptors (Lipinski definition) is 4. The summed E-state index contributed by atoms with van der Waals surface area (Å²) in [5.74, 6) is 0.862. The highest BCUT2D eigenvalue weighted by atomic mass is 35.5. The Kier molecular flexibility index (Phi) is 8.58. The van der Waals surface area contributed by atoms with Crippen LogP contribution in [0, 0.1) is 0 Å². The fraction of sp³-hybridized carbons (Fsp3) is 0.520. The molecule has 1 heterocycles. The van der Waals surface area contributed by atoms with Crippen LogP contribution in [0.4, 0.5) is 0 Å². The lowest BCUT2D eigenvalue weighted by Gasteiger charge is -2.38. The van der Waals surface area contributed by atoms with Gasteiger partial charge in [-0.1, -0.05) is 49.2 Å². The zero-order chi connectivity index (χ0) is 21.4. The van der Waals surface area contributed by atoms with Crippen LogP contribution in [0.25, 0.3) is 0 Å². The minimum atomic E-state index is -0.762. The molecule has 0 aromatic heterocycles. The Morgan fingerprint density at radius 1 is 1.03 bits per heavy atom. The van der Waals surface area contributed by atoms with Crippen molar-refractivity contribution >= 4 is 11.6 Å². The van der Waals surface area contributed by atoms with Crippen molar-refractivity contribution in [2.24, 2.45) is 0 Å². The number of halogens is 1. The molecular formula is C25H34ClNO3. The van der Waals surface area contributed by atoms with Crippen LogP contribution in [-0.2, 0) is 5.60 Å². The van der Waals surface area contributed by atoms with Crippen LogP contribution < -0.4 is 4.74 Å². The second kappa shape index (κ2) is 11.1. The summed E-state index contributed by atoms with van der Waals surface area (Å²) in [7, 11) is 0. The van der Waals surface area contributed by atoms with Gasteiger partial charge in [0, 0.05) is 18.1 Å². The molecule has 5 heteroatoms. The summed E-state index contributed by atoms with van der Waals surface area (Å²) in [6.45, 7) is 5.54. The fourth-order valence-corrected chi connectivity index (χ4v) is 4.12. The average Bonchev–Trinajstić information content (AvgIpc) is 2.76. The van der Waals surface area contributed by atoms with E-state index < -0.39 is 11.7 Å². The van der Waals surface area contributed by atoms with Gasteiger partial charge in [0.25, 0.3) is 0 Å². The molecule has 0 spiro atoms. The Hall–Kier alpha value is -1.59. The number of nitrogens with zero attached hydrogens (tertiary/aromatic N) is 1. The van der Waals surface area contributed by atoms with E-state index in [2.05, 4.69) is 11.8 Å². The van der Waals surface area contributed by atoms with Gasteiger partial charge in [0.2, 0.25) is 0 Å². The zero-order valence-corrected chi connectivity index (χ0v) is 18.7. The third-order valence-electron chi connectivity index (χ3n) is 6.05. The maximum Gasteiger partial charge on any atom is 0.119 e. The van der Waals surface area contributed by atoms with Gasteiger partial charge in [-0.05, 0) is 74.0 Å². The smallest absolute Gasteiger partial charge is 0.119 e. The van der Waals surface area contributed by atoms with Gasteiger partial charge in [-0.15, -0.1) is 0 Å². The molecule has 30 heavy (non-hydrogen) atoms. The molecule has 0 radical (unpaired) electrons. The molecule has 2 aromatic carbocycles. The van der Waals surface area contributed by atoms with E-state index in [-0.39, 0.29) is 0 Å². The highest BCUT2D eigenvalue weighted by Gasteiger charge is 2.33. The predicted octanol–water partition coefficient (Wildman–Crippen LogP) is 5.32. The van der Waals surface area contributed by atoms with Gasteiger partial charge in [-0.25, -0.2) is 0 Å². The van der Waals surface area contributed by atoms with E-state index in [4.69, 9.17) is 16.3 Å². The molecule has 0 amide bonds. The van der Waals surface area contributed by atoms with E-state index >= 15 is 0 Å². The Labute approximate surface area is 185 Å². The highest BCUT2D eigenvalue weighted by molar-refractivity contribution is 6.30. The van der Waals surface area contributed by atoms with Gasteiger partial charge >= 0.3 is 0 Å². The number of benzene rings is 2. The number of aliphatic hydroxyl groups excluding tert-OH is 1. The molecule has 0 saturated carbocycles. The van der Waals surface area contributed by atoms with Crippen LogP contribution in [0.3, 0.4) is 0 Å². The minimum Gasteiger partial charge on any atom is -0.494 e. The fourth-order valence-electron chi connectivity index (χ4n) is 3.99. The van der Waals surface area contributed by atoms with Crippen molar-refractivity contribution in [3.8, 4) is 5.75 Å². The third-order valence-corrected chi connectivity index (χ3v) is 6.30. The van der Waals surface area contributed by atoms with Crippen molar-refractivity contribution in [2.75, 3.05) is 26.2 Å². The number of likely N-dealkylation sites (tertiary alicyclic amines) is 1. The molecular weight excluding hydrogens is 398 g/mol. The standard InChI is InChI=1S/C25H34ClNO3/c1-2-3-19-30-23-12-6-20(7-13-23)24(28)5-4-16-27-17-14-25(29,15-18-27)21-8-10-22(26)11-9-21/h6-13,24,28-29H,2-5,14-19H2,1H3. The first-order valence-corrected chi connectivity index (χ1v) is 11.5. The van der Waals surface area contributed by atoms with Crippen molar-refractivity contribution in [2.45, 2.75) is 57.2 Å². The van der Waals surface area contributed by atoms with Crippen LogP contribution in [0.5, 0.6) is 5.75 Å². The number of piperidine rings is 1. The molecule has 1 fully saturated rings. The largest absolute Gasteiger partial charge is 0.494 e. The second-order valence-corrected chi connectivity index (χ2v) is 8.75. The van der Waals surface area contributed by atoms with E-state index in [0.29, 0.717) is 5.02 Å². The number of aliphatic hydroxyl groups is 2. The molecule has 1 aliphatic rings. The number of rotatable bonds is 10. The third kappa shape index (κ3) is 6.45. The first-order valence-electron chi connectivity index (χ1n) is 11.1. The quantitative estimate of drug-likeness (QED) is 0.500. The molecule has 2 aromatic rings. The number of ether oxygens (including phenoxy) is 1. The Morgan fingerprint density at radius 2 is 1.70 bits per heavy atom. The summed E-state index contributed by atoms with van der Waals surface area (Å²) in [6, 6.07) is 15.3. The molecule has 0 bridgehead atoms. The molecule has 2 N–H and O–H groups in total. The van der Waals surface area contributed by atoms with E-state index in [9.17, 15) is 10.2 Å². The molecule has 1 atom stereocenters. The summed E-state index contributed by atoms with van der Waals surface area (Å²) < 4.78 is 5.68. The Balaban J connectivity index is 1.39. The predicted molar refractivity (Wildman–Crippen MR) is 122 cm³/mol. The second-order valence-electron chi connectivity index (χ2n) is 8.31. The van der Waals surface area contributed by atoms with Crippen LogP contribution in [0.15, 0.2) is 48.5 Å².